The Labute approximate surface area is 219 Å². The van der Waals surface area contributed by atoms with E-state index in [0.29, 0.717) is 30.8 Å². The molecule has 8 nitrogen and oxygen atoms in total. The van der Waals surface area contributed by atoms with Crippen LogP contribution in [-0.2, 0) is 6.18 Å². The number of nitrogens with one attached hydrogen (secondary N) is 2. The van der Waals surface area contributed by atoms with Crippen molar-refractivity contribution in [1.29, 1.82) is 0 Å². The van der Waals surface area contributed by atoms with Crippen LogP contribution in [0.4, 0.5) is 23.7 Å². The zero-order valence-corrected chi connectivity index (χ0v) is 21.0. The summed E-state index contributed by atoms with van der Waals surface area (Å²) in [4.78, 5) is 29.4. The average Bonchev–Trinajstić information content (AvgIpc) is 3.34. The van der Waals surface area contributed by atoms with Gasteiger partial charge in [-0.05, 0) is 81.2 Å². The number of alkyl halides is 3. The molecule has 3 N–H and O–H groups in total. The van der Waals surface area contributed by atoms with Crippen LogP contribution in [0.15, 0.2) is 48.5 Å². The molecular weight excluding hydrogens is 501 g/mol. The number of hydrogen-bond donors (Lipinski definition) is 3. The van der Waals surface area contributed by atoms with E-state index in [1.807, 2.05) is 0 Å². The molecular formula is C27H33F3N4O4. The van der Waals surface area contributed by atoms with Crippen molar-refractivity contribution in [1.82, 2.24) is 15.1 Å². The van der Waals surface area contributed by atoms with Crippen molar-refractivity contribution in [3.8, 4) is 5.75 Å². The minimum atomic E-state index is -4.53. The molecule has 38 heavy (non-hydrogen) atoms. The number of carbonyl (C=O) groups is 2. The van der Waals surface area contributed by atoms with Crippen LogP contribution in [0, 0.1) is 0 Å². The summed E-state index contributed by atoms with van der Waals surface area (Å²) in [6.45, 7) is 3.92. The number of rotatable bonds is 7. The van der Waals surface area contributed by atoms with Crippen LogP contribution in [0.3, 0.4) is 0 Å². The molecule has 2 aromatic carbocycles. The molecule has 2 fully saturated rings. The van der Waals surface area contributed by atoms with Crippen molar-refractivity contribution in [3.05, 3.63) is 59.7 Å². The maximum Gasteiger partial charge on any atom is 0.416 e. The third-order valence-corrected chi connectivity index (χ3v) is 6.85. The number of nitrogens with zero attached hydrogens (tertiary/aromatic N) is 2. The summed E-state index contributed by atoms with van der Waals surface area (Å²) in [5, 5.41) is 15.9. The van der Waals surface area contributed by atoms with Gasteiger partial charge in [0.2, 0.25) is 0 Å². The number of carbonyl (C=O) groups excluding carboxylic acids is 2. The van der Waals surface area contributed by atoms with Crippen LogP contribution < -0.4 is 15.4 Å². The number of urea groups is 1. The van der Waals surface area contributed by atoms with E-state index in [1.54, 1.807) is 24.3 Å². The van der Waals surface area contributed by atoms with E-state index in [2.05, 4.69) is 15.5 Å². The second kappa shape index (κ2) is 12.5. The van der Waals surface area contributed by atoms with Gasteiger partial charge in [-0.15, -0.1) is 0 Å². The highest BCUT2D eigenvalue weighted by Gasteiger charge is 2.32. The molecule has 0 aliphatic carbocycles. The van der Waals surface area contributed by atoms with Gasteiger partial charge >= 0.3 is 12.2 Å². The highest BCUT2D eigenvalue weighted by Crippen LogP contribution is 2.30. The number of aliphatic hydroxyl groups is 1. The third kappa shape index (κ3) is 7.61. The monoisotopic (exact) mass is 534 g/mol. The number of anilines is 1. The predicted octanol–water partition coefficient (Wildman–Crippen LogP) is 3.97. The van der Waals surface area contributed by atoms with E-state index in [1.165, 1.54) is 29.9 Å². The minimum absolute atomic E-state index is 0.00932. The number of aliphatic hydroxyl groups excluding tert-OH is 1. The highest BCUT2D eigenvalue weighted by molar-refractivity contribution is 5.94. The molecule has 0 spiro atoms. The van der Waals surface area contributed by atoms with Crippen molar-refractivity contribution in [3.63, 3.8) is 0 Å². The van der Waals surface area contributed by atoms with Crippen LogP contribution in [0.25, 0.3) is 0 Å². The fraction of sp³-hybridized carbons (Fsp3) is 0.481. The number of halogens is 3. The summed E-state index contributed by atoms with van der Waals surface area (Å²) in [5.74, 6) is 0.255. The van der Waals surface area contributed by atoms with Gasteiger partial charge in [0.1, 0.15) is 12.4 Å². The normalized spacial score (nSPS) is 20.6. The summed E-state index contributed by atoms with van der Waals surface area (Å²) in [6, 6.07) is 9.76. The van der Waals surface area contributed by atoms with Gasteiger partial charge in [0.05, 0.1) is 17.7 Å². The second-order valence-corrected chi connectivity index (χ2v) is 9.67. The van der Waals surface area contributed by atoms with E-state index in [4.69, 9.17) is 4.74 Å². The molecule has 2 atom stereocenters. The zero-order valence-electron chi connectivity index (χ0n) is 21.0. The molecule has 3 amide bonds. The van der Waals surface area contributed by atoms with Gasteiger partial charge < -0.3 is 25.4 Å². The Kier molecular flexibility index (Phi) is 9.11. The van der Waals surface area contributed by atoms with Crippen LogP contribution >= 0.6 is 0 Å². The predicted molar refractivity (Wildman–Crippen MR) is 136 cm³/mol. The molecule has 2 aliphatic rings. The van der Waals surface area contributed by atoms with Crippen molar-refractivity contribution >= 4 is 17.6 Å². The van der Waals surface area contributed by atoms with Crippen molar-refractivity contribution in [2.75, 3.05) is 44.6 Å². The third-order valence-electron chi connectivity index (χ3n) is 6.85. The Hall–Kier alpha value is -3.31. The molecule has 0 saturated carbocycles. The van der Waals surface area contributed by atoms with E-state index >= 15 is 0 Å². The topological polar surface area (TPSA) is 94.1 Å². The number of benzene rings is 2. The van der Waals surface area contributed by atoms with Crippen molar-refractivity contribution in [2.45, 2.75) is 44.0 Å². The molecule has 11 heteroatoms. The first-order chi connectivity index (χ1) is 18.2. The van der Waals surface area contributed by atoms with Crippen LogP contribution in [0.2, 0.25) is 0 Å². The van der Waals surface area contributed by atoms with E-state index < -0.39 is 35.8 Å². The fourth-order valence-corrected chi connectivity index (χ4v) is 4.70. The van der Waals surface area contributed by atoms with Crippen LogP contribution in [-0.4, -0.2) is 78.3 Å². The summed E-state index contributed by atoms with van der Waals surface area (Å²) in [6.07, 6.45) is -2.12. The van der Waals surface area contributed by atoms with Gasteiger partial charge in [0.25, 0.3) is 5.91 Å². The Morgan fingerprint density at radius 3 is 2.47 bits per heavy atom. The number of amides is 3. The quantitative estimate of drug-likeness (QED) is 0.500. The largest absolute Gasteiger partial charge is 0.492 e. The first-order valence-electron chi connectivity index (χ1n) is 12.9. The first kappa shape index (κ1) is 27.7. The Bertz CT molecular complexity index is 1090. The molecule has 2 aliphatic heterocycles. The molecule has 2 aromatic rings. The van der Waals surface area contributed by atoms with Gasteiger partial charge in [-0.25, -0.2) is 4.79 Å². The van der Waals surface area contributed by atoms with E-state index in [-0.39, 0.29) is 18.8 Å². The van der Waals surface area contributed by atoms with E-state index in [0.717, 1.165) is 31.8 Å². The summed E-state index contributed by atoms with van der Waals surface area (Å²) in [7, 11) is 0. The van der Waals surface area contributed by atoms with Gasteiger partial charge in [0, 0.05) is 30.9 Å². The standard InChI is InChI=1S/C27H33F3N4O4/c28-27(29,30)20-5-3-6-21(17-20)31-26(37)34-14-4-7-24(35)23(18-34)32-25(36)19-8-10-22(11-9-19)38-16-15-33-12-1-2-13-33/h3,5-6,8-11,17,23-24,35H,1-2,4,7,12-16,18H2,(H,31,37)(H,32,36)/t23-,24-/m1/s1. The maximum atomic E-state index is 13.0. The summed E-state index contributed by atoms with van der Waals surface area (Å²) >= 11 is 0. The summed E-state index contributed by atoms with van der Waals surface area (Å²) < 4.78 is 44.8. The first-order valence-corrected chi connectivity index (χ1v) is 12.9. The minimum Gasteiger partial charge on any atom is -0.492 e. The van der Waals surface area contributed by atoms with Crippen LogP contribution in [0.1, 0.15) is 41.6 Å². The molecule has 0 bridgehead atoms. The smallest absolute Gasteiger partial charge is 0.416 e. The lowest BCUT2D eigenvalue weighted by Crippen LogP contribution is -2.50. The molecule has 206 valence electrons. The van der Waals surface area contributed by atoms with Gasteiger partial charge in [-0.2, -0.15) is 13.2 Å². The number of ether oxygens (including phenoxy) is 1. The van der Waals surface area contributed by atoms with Crippen molar-refractivity contribution in [2.24, 2.45) is 0 Å². The lowest BCUT2D eigenvalue weighted by molar-refractivity contribution is -0.137. The Morgan fingerprint density at radius 2 is 1.76 bits per heavy atom. The summed E-state index contributed by atoms with van der Waals surface area (Å²) in [5.41, 5.74) is -0.471. The fourth-order valence-electron chi connectivity index (χ4n) is 4.70. The molecule has 0 unspecified atom stereocenters. The number of likely N-dealkylation sites (tertiary alicyclic amines) is 2. The molecule has 0 radical (unpaired) electrons. The lowest BCUT2D eigenvalue weighted by Gasteiger charge is -2.27. The molecule has 4 rings (SSSR count). The number of hydrogen-bond acceptors (Lipinski definition) is 5. The average molecular weight is 535 g/mol. The lowest BCUT2D eigenvalue weighted by atomic mass is 10.1. The zero-order chi connectivity index (χ0) is 27.1. The molecule has 2 heterocycles. The van der Waals surface area contributed by atoms with Gasteiger partial charge in [0.15, 0.2) is 0 Å². The Balaban J connectivity index is 1.32. The SMILES string of the molecule is O=C(N[C@@H]1CN(C(=O)Nc2cccc(C(F)(F)F)c2)CCC[C@H]1O)c1ccc(OCCN2CCCC2)cc1. The van der Waals surface area contributed by atoms with Crippen LogP contribution in [0.5, 0.6) is 5.75 Å². The van der Waals surface area contributed by atoms with E-state index in [9.17, 15) is 27.9 Å². The Morgan fingerprint density at radius 1 is 1.03 bits per heavy atom. The molecule has 0 aromatic heterocycles. The van der Waals surface area contributed by atoms with Crippen molar-refractivity contribution < 1.29 is 32.6 Å². The maximum absolute atomic E-state index is 13.0. The highest BCUT2D eigenvalue weighted by atomic mass is 19.4. The second-order valence-electron chi connectivity index (χ2n) is 9.67. The molecule has 2 saturated heterocycles. The van der Waals surface area contributed by atoms with Gasteiger partial charge in [-0.3, -0.25) is 9.69 Å². The van der Waals surface area contributed by atoms with Gasteiger partial charge in [-0.1, -0.05) is 6.07 Å².